The van der Waals surface area contributed by atoms with Crippen molar-refractivity contribution in [1.29, 1.82) is 0 Å². The minimum atomic E-state index is -0.0847. The topological polar surface area (TPSA) is 111 Å². The number of benzene rings is 4. The van der Waals surface area contributed by atoms with Crippen molar-refractivity contribution in [3.63, 3.8) is 0 Å². The minimum Gasteiger partial charge on any atom is -0.506 e. The molecule has 0 radical (unpaired) electrons. The molecule has 6 nitrogen and oxygen atoms in total. The van der Waals surface area contributed by atoms with Gasteiger partial charge in [0.2, 0.25) is 0 Å². The second kappa shape index (κ2) is 9.20. The number of aromatic hydroxyl groups is 2. The summed E-state index contributed by atoms with van der Waals surface area (Å²) in [6.07, 6.45) is 23.5. The summed E-state index contributed by atoms with van der Waals surface area (Å²) < 4.78 is 12.0. The summed E-state index contributed by atoms with van der Waals surface area (Å²) in [7, 11) is 0. The van der Waals surface area contributed by atoms with Crippen LogP contribution in [0.2, 0.25) is 0 Å². The molecular weight excluding hydrogens is 452 g/mol. The monoisotopic (exact) mass is 470 g/mol. The van der Waals surface area contributed by atoms with Crippen molar-refractivity contribution in [2.24, 2.45) is 0 Å². The van der Waals surface area contributed by atoms with Crippen molar-refractivity contribution in [3.05, 3.63) is 70.8 Å². The molecule has 4 rings (SSSR count). The molecule has 0 saturated heterocycles. The Morgan fingerprint density at radius 2 is 0.972 bits per heavy atom. The fourth-order valence-corrected chi connectivity index (χ4v) is 3.71. The van der Waals surface area contributed by atoms with Crippen LogP contribution in [0.5, 0.6) is 34.5 Å². The van der Waals surface area contributed by atoms with Gasteiger partial charge in [0.05, 0.1) is 22.5 Å². The van der Waals surface area contributed by atoms with Crippen LogP contribution in [0.3, 0.4) is 0 Å². The largest absolute Gasteiger partial charge is 0.506 e. The Balaban J connectivity index is 1.99. The van der Waals surface area contributed by atoms with Crippen molar-refractivity contribution in [2.45, 2.75) is 0 Å². The molecule has 0 amide bonds. The molecule has 0 spiro atoms. The summed E-state index contributed by atoms with van der Waals surface area (Å²) in [5.74, 6) is 11.5. The molecule has 0 saturated carbocycles. The molecule has 0 aliphatic rings. The van der Waals surface area contributed by atoms with Gasteiger partial charge < -0.3 is 31.2 Å². The van der Waals surface area contributed by atoms with E-state index in [0.29, 0.717) is 44.5 Å². The van der Waals surface area contributed by atoms with E-state index in [1.54, 1.807) is 12.1 Å². The Kier molecular flexibility index (Phi) is 5.97. The highest BCUT2D eigenvalue weighted by molar-refractivity contribution is 6.03. The number of hydrogen-bond acceptors (Lipinski definition) is 6. The normalized spacial score (nSPS) is 10.0. The first kappa shape index (κ1) is 23.3. The summed E-state index contributed by atoms with van der Waals surface area (Å²) in [4.78, 5) is 0. The second-order valence-electron chi connectivity index (χ2n) is 7.57. The van der Waals surface area contributed by atoms with E-state index < -0.39 is 0 Å². The third-order valence-electron chi connectivity index (χ3n) is 5.39. The quantitative estimate of drug-likeness (QED) is 0.191. The summed E-state index contributed by atoms with van der Waals surface area (Å²) in [5, 5.41) is 20.3. The molecule has 36 heavy (non-hydrogen) atoms. The molecule has 4 aromatic carbocycles. The van der Waals surface area contributed by atoms with Gasteiger partial charge in [0.15, 0.2) is 0 Å². The van der Waals surface area contributed by atoms with Crippen LogP contribution in [0.1, 0.15) is 22.3 Å². The van der Waals surface area contributed by atoms with Crippen LogP contribution in [-0.4, -0.2) is 10.2 Å². The van der Waals surface area contributed by atoms with E-state index in [0.717, 1.165) is 0 Å². The molecule has 6 N–H and O–H groups in total. The van der Waals surface area contributed by atoms with E-state index >= 15 is 0 Å². The number of rotatable bonds is 4. The first-order valence-electron chi connectivity index (χ1n) is 10.4. The van der Waals surface area contributed by atoms with Crippen LogP contribution in [-0.2, 0) is 0 Å². The Bertz CT molecular complexity index is 1600. The number of terminal acetylenes is 4. The first-order valence-corrected chi connectivity index (χ1v) is 10.4. The lowest BCUT2D eigenvalue weighted by molar-refractivity contribution is 0.466. The maximum absolute atomic E-state index is 9.71. The maximum atomic E-state index is 9.71. The van der Waals surface area contributed by atoms with E-state index in [2.05, 4.69) is 23.7 Å². The number of ether oxygens (including phenoxy) is 2. The molecule has 0 heterocycles. The number of nitrogen functional groups attached to an aromatic ring is 2. The summed E-state index contributed by atoms with van der Waals surface area (Å²) >= 11 is 0. The van der Waals surface area contributed by atoms with Gasteiger partial charge in [0.1, 0.15) is 34.5 Å². The zero-order chi connectivity index (χ0) is 26.0. The smallest absolute Gasteiger partial charge is 0.144 e. The lowest BCUT2D eigenvalue weighted by Crippen LogP contribution is -2.00. The Morgan fingerprint density at radius 1 is 0.583 bits per heavy atom. The van der Waals surface area contributed by atoms with E-state index in [4.69, 9.17) is 46.6 Å². The molecular formula is C30H18N2O4. The van der Waals surface area contributed by atoms with E-state index in [1.807, 2.05) is 0 Å². The number of hydrogen-bond donors (Lipinski definition) is 4. The van der Waals surface area contributed by atoms with Crippen LogP contribution in [0.4, 0.5) is 11.4 Å². The predicted molar refractivity (Wildman–Crippen MR) is 141 cm³/mol. The van der Waals surface area contributed by atoms with Gasteiger partial charge in [-0.25, -0.2) is 0 Å². The van der Waals surface area contributed by atoms with Crippen molar-refractivity contribution >= 4 is 22.1 Å². The van der Waals surface area contributed by atoms with Crippen LogP contribution in [0.15, 0.2) is 48.5 Å². The van der Waals surface area contributed by atoms with E-state index in [1.165, 1.54) is 36.4 Å². The van der Waals surface area contributed by atoms with Crippen molar-refractivity contribution in [2.75, 3.05) is 11.5 Å². The highest BCUT2D eigenvalue weighted by Crippen LogP contribution is 2.42. The minimum absolute atomic E-state index is 0.0847. The van der Waals surface area contributed by atoms with Gasteiger partial charge in [-0.15, -0.1) is 25.7 Å². The highest BCUT2D eigenvalue weighted by atomic mass is 16.5. The SMILES string of the molecule is C#Cc1cc(Oc2ccc(O)c(N)c2)c(C#C)c2c(C#C)cc(Oc3ccc(O)c(N)c3)c(C#C)c12. The summed E-state index contributed by atoms with van der Waals surface area (Å²) in [5.41, 5.74) is 13.2. The molecule has 0 fully saturated rings. The Morgan fingerprint density at radius 3 is 1.28 bits per heavy atom. The second-order valence-corrected chi connectivity index (χ2v) is 7.57. The third-order valence-corrected chi connectivity index (χ3v) is 5.39. The van der Waals surface area contributed by atoms with Crippen molar-refractivity contribution in [3.8, 4) is 83.9 Å². The van der Waals surface area contributed by atoms with Gasteiger partial charge in [-0.05, 0) is 36.4 Å². The first-order chi connectivity index (χ1) is 17.3. The molecule has 6 heteroatoms. The average Bonchev–Trinajstić information content (AvgIpc) is 2.87. The highest BCUT2D eigenvalue weighted by Gasteiger charge is 2.21. The van der Waals surface area contributed by atoms with E-state index in [9.17, 15) is 10.2 Å². The standard InChI is InChI=1S/C30H18N2O4/c1-5-17-13-27(35-19-9-11-25(33)23(31)15-19)22(8-4)30-18(6-2)14-28(21(7-3)29(17)30)36-20-10-12-26(34)24(32)16-20/h1-4,9-16,33-34H,31-32H2. The van der Waals surface area contributed by atoms with E-state index in [-0.39, 0.29) is 34.4 Å². The van der Waals surface area contributed by atoms with Crippen LogP contribution in [0, 0.1) is 49.4 Å². The van der Waals surface area contributed by atoms with Gasteiger partial charge in [0.25, 0.3) is 0 Å². The lowest BCUT2D eigenvalue weighted by atomic mass is 9.91. The third kappa shape index (κ3) is 4.00. The zero-order valence-corrected chi connectivity index (χ0v) is 18.8. The number of phenolic OH excluding ortho intramolecular Hbond substituents is 2. The number of nitrogens with two attached hydrogens (primary N) is 2. The van der Waals surface area contributed by atoms with Crippen LogP contribution < -0.4 is 20.9 Å². The number of fused-ring (bicyclic) bond motifs is 1. The van der Waals surface area contributed by atoms with Gasteiger partial charge in [-0.3, -0.25) is 0 Å². The van der Waals surface area contributed by atoms with Crippen LogP contribution >= 0.6 is 0 Å². The molecule has 0 bridgehead atoms. The molecule has 0 atom stereocenters. The van der Waals surface area contributed by atoms with Gasteiger partial charge in [-0.2, -0.15) is 0 Å². The number of phenols is 2. The Labute approximate surface area is 208 Å². The molecule has 0 unspecified atom stereocenters. The maximum Gasteiger partial charge on any atom is 0.144 e. The van der Waals surface area contributed by atoms with Gasteiger partial charge in [0, 0.05) is 34.0 Å². The molecule has 4 aromatic rings. The van der Waals surface area contributed by atoms with Gasteiger partial charge in [-0.1, -0.05) is 23.7 Å². The fraction of sp³-hybridized carbons (Fsp3) is 0. The predicted octanol–water partition coefficient (Wildman–Crippen LogP) is 4.93. The molecule has 0 aliphatic carbocycles. The molecule has 0 aromatic heterocycles. The average molecular weight is 470 g/mol. The van der Waals surface area contributed by atoms with Gasteiger partial charge >= 0.3 is 0 Å². The fourth-order valence-electron chi connectivity index (χ4n) is 3.71. The lowest BCUT2D eigenvalue weighted by Gasteiger charge is -2.18. The summed E-state index contributed by atoms with van der Waals surface area (Å²) in [6.45, 7) is 0. The Hall–Kier alpha value is -5.82. The molecule has 172 valence electrons. The van der Waals surface area contributed by atoms with Crippen LogP contribution in [0.25, 0.3) is 10.8 Å². The summed E-state index contributed by atoms with van der Waals surface area (Å²) in [6, 6.07) is 11.9. The van der Waals surface area contributed by atoms with Crippen molar-refractivity contribution < 1.29 is 19.7 Å². The zero-order valence-electron chi connectivity index (χ0n) is 18.8. The molecule has 0 aliphatic heterocycles. The van der Waals surface area contributed by atoms with Crippen molar-refractivity contribution in [1.82, 2.24) is 0 Å². The number of anilines is 2.